The first kappa shape index (κ1) is 17.0. The van der Waals surface area contributed by atoms with Gasteiger partial charge in [0.25, 0.3) is 5.56 Å². The molecule has 1 atom stereocenters. The smallest absolute Gasteiger partial charge is 0.321 e. The van der Waals surface area contributed by atoms with E-state index in [1.807, 2.05) is 32.0 Å². The lowest BCUT2D eigenvalue weighted by atomic mass is 9.87. The molecule has 0 radical (unpaired) electrons. The van der Waals surface area contributed by atoms with Crippen LogP contribution in [0.25, 0.3) is 0 Å². The summed E-state index contributed by atoms with van der Waals surface area (Å²) in [5, 5.41) is 5.65. The Kier molecular flexibility index (Phi) is 4.23. The number of nitrogens with zero attached hydrogens (tertiary/aromatic N) is 3. The summed E-state index contributed by atoms with van der Waals surface area (Å²) >= 11 is 0. The van der Waals surface area contributed by atoms with Crippen molar-refractivity contribution in [2.75, 3.05) is 5.32 Å². The van der Waals surface area contributed by atoms with Gasteiger partial charge in [0.15, 0.2) is 0 Å². The molecule has 1 aliphatic heterocycles. The number of anilines is 1. The Bertz CT molecular complexity index is 1040. The average Bonchev–Trinajstić information content (AvgIpc) is 2.99. The number of ether oxygens (including phenoxy) is 1. The van der Waals surface area contributed by atoms with Crippen LogP contribution in [0.4, 0.5) is 5.82 Å². The molecule has 3 aromatic rings. The maximum absolute atomic E-state index is 12.6. The zero-order valence-electron chi connectivity index (χ0n) is 15.0. The number of aromatic nitrogens is 4. The maximum Gasteiger partial charge on any atom is 0.321 e. The van der Waals surface area contributed by atoms with E-state index in [9.17, 15) is 9.59 Å². The van der Waals surface area contributed by atoms with Crippen LogP contribution in [0.3, 0.4) is 0 Å². The van der Waals surface area contributed by atoms with Crippen LogP contribution in [0.2, 0.25) is 0 Å². The summed E-state index contributed by atoms with van der Waals surface area (Å²) in [4.78, 5) is 32.9. The van der Waals surface area contributed by atoms with Crippen molar-refractivity contribution in [3.05, 3.63) is 64.2 Å². The number of H-pyrrole nitrogens is 1. The first-order valence-electron chi connectivity index (χ1n) is 8.72. The van der Waals surface area contributed by atoms with Gasteiger partial charge in [-0.15, -0.1) is 0 Å². The first-order valence-corrected chi connectivity index (χ1v) is 8.72. The lowest BCUT2D eigenvalue weighted by Crippen LogP contribution is -2.27. The minimum absolute atomic E-state index is 0.0189. The van der Waals surface area contributed by atoms with Crippen LogP contribution < -0.4 is 15.6 Å². The highest BCUT2D eigenvalue weighted by atomic mass is 16.5. The number of nitrogens with one attached hydrogen (secondary N) is 2. The van der Waals surface area contributed by atoms with Crippen molar-refractivity contribution in [2.45, 2.75) is 32.2 Å². The van der Waals surface area contributed by atoms with Crippen LogP contribution in [0.5, 0.6) is 11.8 Å². The fraction of sp³-hybridized carbons (Fsp3) is 0.263. The topological polar surface area (TPSA) is 102 Å². The molecule has 1 amide bonds. The van der Waals surface area contributed by atoms with Gasteiger partial charge in [-0.05, 0) is 37.6 Å². The van der Waals surface area contributed by atoms with Gasteiger partial charge >= 0.3 is 6.01 Å². The highest BCUT2D eigenvalue weighted by Gasteiger charge is 2.33. The Balaban J connectivity index is 1.74. The molecular weight excluding hydrogens is 346 g/mol. The minimum atomic E-state index is -0.349. The number of aromatic amines is 1. The van der Waals surface area contributed by atoms with Gasteiger partial charge in [-0.2, -0.15) is 0 Å². The fourth-order valence-electron chi connectivity index (χ4n) is 3.29. The SMILES string of the molecule is CC(C)n1[nH]c(=O)c2c1NC(=O)C[C@H]2c1cccc(Oc2ncccn2)c1. The normalized spacial score (nSPS) is 16.1. The van der Waals surface area contributed by atoms with E-state index in [2.05, 4.69) is 20.4 Å². The summed E-state index contributed by atoms with van der Waals surface area (Å²) in [6.07, 6.45) is 3.39. The predicted octanol–water partition coefficient (Wildman–Crippen LogP) is 2.81. The fourth-order valence-corrected chi connectivity index (χ4v) is 3.29. The molecule has 0 fully saturated rings. The lowest BCUT2D eigenvalue weighted by molar-refractivity contribution is -0.116. The van der Waals surface area contributed by atoms with E-state index in [0.29, 0.717) is 17.1 Å². The summed E-state index contributed by atoms with van der Waals surface area (Å²) in [6.45, 7) is 3.89. The van der Waals surface area contributed by atoms with Crippen molar-refractivity contribution in [1.29, 1.82) is 0 Å². The zero-order valence-corrected chi connectivity index (χ0v) is 15.0. The standard InChI is InChI=1S/C19H19N5O3/c1-11(2)24-17-16(18(26)23-24)14(10-15(25)22-17)12-5-3-6-13(9-12)27-19-20-7-4-8-21-19/h3-9,11,14H,10H2,1-2H3,(H,22,25)(H,23,26)/t14-/m0/s1. The van der Waals surface area contributed by atoms with E-state index in [1.165, 1.54) is 0 Å². The van der Waals surface area contributed by atoms with Gasteiger partial charge in [-0.1, -0.05) is 12.1 Å². The molecule has 0 saturated carbocycles. The van der Waals surface area contributed by atoms with E-state index < -0.39 is 0 Å². The van der Waals surface area contributed by atoms with Crippen molar-refractivity contribution in [1.82, 2.24) is 19.7 Å². The molecule has 1 aliphatic rings. The average molecular weight is 365 g/mol. The number of amides is 1. The molecule has 0 unspecified atom stereocenters. The van der Waals surface area contributed by atoms with Gasteiger partial charge in [-0.25, -0.2) is 9.97 Å². The van der Waals surface area contributed by atoms with Crippen LogP contribution in [-0.2, 0) is 4.79 Å². The number of rotatable bonds is 4. The lowest BCUT2D eigenvalue weighted by Gasteiger charge is -2.24. The van der Waals surface area contributed by atoms with Gasteiger partial charge < -0.3 is 10.1 Å². The Labute approximate surface area is 155 Å². The molecule has 8 heteroatoms. The van der Waals surface area contributed by atoms with Crippen molar-refractivity contribution in [3.8, 4) is 11.8 Å². The number of benzene rings is 1. The van der Waals surface area contributed by atoms with Crippen molar-refractivity contribution in [2.24, 2.45) is 0 Å². The number of hydrogen-bond acceptors (Lipinski definition) is 5. The third-order valence-corrected chi connectivity index (χ3v) is 4.49. The Morgan fingerprint density at radius 2 is 1.96 bits per heavy atom. The molecule has 0 spiro atoms. The molecule has 138 valence electrons. The minimum Gasteiger partial charge on any atom is -0.424 e. The molecule has 0 aliphatic carbocycles. The molecule has 0 bridgehead atoms. The number of carbonyl (C=O) groups is 1. The highest BCUT2D eigenvalue weighted by molar-refractivity contribution is 5.94. The third kappa shape index (κ3) is 3.21. The summed E-state index contributed by atoms with van der Waals surface area (Å²) in [6, 6.07) is 9.27. The van der Waals surface area contributed by atoms with E-state index in [-0.39, 0.29) is 35.9 Å². The number of fused-ring (bicyclic) bond motifs is 1. The highest BCUT2D eigenvalue weighted by Crippen LogP contribution is 2.37. The van der Waals surface area contributed by atoms with E-state index in [4.69, 9.17) is 4.74 Å². The molecule has 1 aromatic carbocycles. The Morgan fingerprint density at radius 1 is 1.19 bits per heavy atom. The Morgan fingerprint density at radius 3 is 2.70 bits per heavy atom. The predicted molar refractivity (Wildman–Crippen MR) is 99.1 cm³/mol. The van der Waals surface area contributed by atoms with Crippen molar-refractivity contribution >= 4 is 11.7 Å². The van der Waals surface area contributed by atoms with Crippen molar-refractivity contribution < 1.29 is 9.53 Å². The molecule has 0 saturated heterocycles. The largest absolute Gasteiger partial charge is 0.424 e. The summed E-state index contributed by atoms with van der Waals surface area (Å²) in [5.41, 5.74) is 1.20. The molecule has 3 heterocycles. The van der Waals surface area contributed by atoms with Crippen molar-refractivity contribution in [3.63, 3.8) is 0 Å². The van der Waals surface area contributed by atoms with Gasteiger partial charge in [0, 0.05) is 30.8 Å². The number of carbonyl (C=O) groups excluding carboxylic acids is 1. The van der Waals surface area contributed by atoms with Gasteiger partial charge in [0.1, 0.15) is 11.6 Å². The molecule has 2 aromatic heterocycles. The molecule has 8 nitrogen and oxygen atoms in total. The second-order valence-electron chi connectivity index (χ2n) is 6.68. The molecule has 27 heavy (non-hydrogen) atoms. The number of hydrogen-bond donors (Lipinski definition) is 2. The monoisotopic (exact) mass is 365 g/mol. The van der Waals surface area contributed by atoms with Gasteiger partial charge in [0.05, 0.1) is 5.56 Å². The van der Waals surface area contributed by atoms with E-state index >= 15 is 0 Å². The second kappa shape index (κ2) is 6.71. The summed E-state index contributed by atoms with van der Waals surface area (Å²) in [5.74, 6) is 0.608. The summed E-state index contributed by atoms with van der Waals surface area (Å²) in [7, 11) is 0. The maximum atomic E-state index is 12.6. The molecule has 2 N–H and O–H groups in total. The first-order chi connectivity index (χ1) is 13.0. The van der Waals surface area contributed by atoms with E-state index in [0.717, 1.165) is 5.56 Å². The Hall–Kier alpha value is -3.42. The zero-order chi connectivity index (χ0) is 19.0. The van der Waals surface area contributed by atoms with Gasteiger partial charge in [-0.3, -0.25) is 19.4 Å². The van der Waals surface area contributed by atoms with Crippen LogP contribution in [0.15, 0.2) is 47.5 Å². The second-order valence-corrected chi connectivity index (χ2v) is 6.68. The van der Waals surface area contributed by atoms with Crippen LogP contribution in [0, 0.1) is 0 Å². The molecular formula is C19H19N5O3. The van der Waals surface area contributed by atoms with Crippen LogP contribution >= 0.6 is 0 Å². The quantitative estimate of drug-likeness (QED) is 0.740. The third-order valence-electron chi connectivity index (χ3n) is 4.49. The molecule has 4 rings (SSSR count). The van der Waals surface area contributed by atoms with Crippen LogP contribution in [-0.4, -0.2) is 25.7 Å². The summed E-state index contributed by atoms with van der Waals surface area (Å²) < 4.78 is 7.38. The van der Waals surface area contributed by atoms with E-state index in [1.54, 1.807) is 29.2 Å². The van der Waals surface area contributed by atoms with Crippen LogP contribution in [0.1, 0.15) is 43.4 Å². The van der Waals surface area contributed by atoms with Gasteiger partial charge in [0.2, 0.25) is 5.91 Å².